The fourth-order valence-corrected chi connectivity index (χ4v) is 5.15. The number of benzene rings is 2. The van der Waals surface area contributed by atoms with Crippen LogP contribution in [0, 0.1) is 0 Å². The first-order chi connectivity index (χ1) is 17.2. The predicted octanol–water partition coefficient (Wildman–Crippen LogP) is 5.65. The van der Waals surface area contributed by atoms with Crippen molar-refractivity contribution in [1.29, 1.82) is 0 Å². The Hall–Kier alpha value is -3.59. The zero-order chi connectivity index (χ0) is 27.2. The average molecular weight is 547 g/mol. The zero-order valence-corrected chi connectivity index (χ0v) is 20.0. The molecule has 0 spiro atoms. The molecule has 37 heavy (non-hydrogen) atoms. The van der Waals surface area contributed by atoms with E-state index < -0.39 is 44.4 Å². The van der Waals surface area contributed by atoms with Gasteiger partial charge in [-0.25, -0.2) is 13.1 Å². The Morgan fingerprint density at radius 1 is 1.03 bits per heavy atom. The summed E-state index contributed by atoms with van der Waals surface area (Å²) >= 11 is 0. The molecule has 0 aliphatic carbocycles. The predicted molar refractivity (Wildman–Crippen MR) is 119 cm³/mol. The van der Waals surface area contributed by atoms with Crippen LogP contribution < -0.4 is 9.46 Å². The molecule has 2 heterocycles. The van der Waals surface area contributed by atoms with Crippen LogP contribution >= 0.6 is 0 Å². The number of nitrogens with zero attached hydrogens (tertiary/aromatic N) is 3. The molecule has 2 aromatic carbocycles. The first-order valence-corrected chi connectivity index (χ1v) is 12.2. The summed E-state index contributed by atoms with van der Waals surface area (Å²) < 4.78 is 115. The number of hydrogen-bond donors (Lipinski definition) is 2. The molecule has 8 nitrogen and oxygen atoms in total. The molecule has 2 aromatic heterocycles. The Kier molecular flexibility index (Phi) is 6.71. The van der Waals surface area contributed by atoms with E-state index in [1.807, 2.05) is 10.8 Å². The van der Waals surface area contributed by atoms with E-state index in [1.54, 1.807) is 31.3 Å². The average Bonchev–Trinajstić information content (AvgIpc) is 3.43. The quantitative estimate of drug-likeness (QED) is 0.291. The van der Waals surface area contributed by atoms with E-state index in [-0.39, 0.29) is 36.6 Å². The molecule has 0 radical (unpaired) electrons. The Bertz CT molecular complexity index is 1540. The van der Waals surface area contributed by atoms with Gasteiger partial charge in [0.15, 0.2) is 5.82 Å². The maximum atomic E-state index is 13.5. The second-order valence-corrected chi connectivity index (χ2v) is 9.65. The third-order valence-electron chi connectivity index (χ3n) is 5.42. The van der Waals surface area contributed by atoms with Crippen LogP contribution in [0.15, 0.2) is 53.6 Å². The third-order valence-corrected chi connectivity index (χ3v) is 7.00. The molecule has 0 aliphatic rings. The summed E-state index contributed by atoms with van der Waals surface area (Å²) in [5.41, 5.74) is -2.50. The molecule has 0 saturated carbocycles. The van der Waals surface area contributed by atoms with Gasteiger partial charge in [0.1, 0.15) is 5.75 Å². The van der Waals surface area contributed by atoms with Gasteiger partial charge in [-0.1, -0.05) is 5.10 Å². The van der Waals surface area contributed by atoms with Crippen LogP contribution in [-0.4, -0.2) is 28.2 Å². The van der Waals surface area contributed by atoms with Crippen LogP contribution in [0.3, 0.4) is 0 Å². The molecule has 0 unspecified atom stereocenters. The molecule has 4 rings (SSSR count). The van der Waals surface area contributed by atoms with Crippen LogP contribution in [0.5, 0.6) is 11.8 Å². The summed E-state index contributed by atoms with van der Waals surface area (Å²) in [7, 11) is -5.09. The van der Waals surface area contributed by atoms with Gasteiger partial charge in [0.25, 0.3) is 0 Å². The molecule has 0 saturated heterocycles. The van der Waals surface area contributed by atoms with Crippen molar-refractivity contribution < 1.29 is 39.5 Å². The highest BCUT2D eigenvalue weighted by Crippen LogP contribution is 2.38. The summed E-state index contributed by atoms with van der Waals surface area (Å²) in [5.74, 6) is 0.359. The van der Waals surface area contributed by atoms with Crippen molar-refractivity contribution in [3.63, 3.8) is 0 Å². The SMILES string of the molecule is CCn1c(Oc2ccc3cc[nH]c3c2)nnc1[C@@H](C)NS(=O)(=O)c1cc(C(F)(F)F)ccc1C(F)(F)F. The number of aromatic nitrogens is 4. The smallest absolute Gasteiger partial charge is 0.417 e. The van der Waals surface area contributed by atoms with Crippen LogP contribution in [0.2, 0.25) is 0 Å². The van der Waals surface area contributed by atoms with Gasteiger partial charge in [-0.15, -0.1) is 5.10 Å². The van der Waals surface area contributed by atoms with Gasteiger partial charge in [0, 0.05) is 24.3 Å². The molecular weight excluding hydrogens is 528 g/mol. The topological polar surface area (TPSA) is 102 Å². The van der Waals surface area contributed by atoms with Gasteiger partial charge in [-0.05, 0) is 55.6 Å². The standard InChI is InChI=1S/C22H19F6N5O3S/c1-3-33-19(30-31-20(33)36-15-6-4-13-8-9-29-17(13)11-15)12(2)32-37(34,35)18-10-14(21(23,24)25)5-7-16(18)22(26,27)28/h4-12,29,32H,3H2,1-2H3/t12-/m1/s1. The number of nitrogens with one attached hydrogen (secondary N) is 2. The molecule has 1 atom stereocenters. The lowest BCUT2D eigenvalue weighted by Crippen LogP contribution is -2.31. The summed E-state index contributed by atoms with van der Waals surface area (Å²) in [5, 5.41) is 8.72. The van der Waals surface area contributed by atoms with Crippen molar-refractivity contribution in [1.82, 2.24) is 24.5 Å². The van der Waals surface area contributed by atoms with Crippen molar-refractivity contribution in [2.24, 2.45) is 0 Å². The van der Waals surface area contributed by atoms with Gasteiger partial charge < -0.3 is 9.72 Å². The molecule has 15 heteroatoms. The number of H-pyrrole nitrogens is 1. The number of ether oxygens (including phenoxy) is 1. The molecule has 4 aromatic rings. The third kappa shape index (κ3) is 5.41. The lowest BCUT2D eigenvalue weighted by molar-refractivity contribution is -0.143. The number of halogens is 6. The lowest BCUT2D eigenvalue weighted by atomic mass is 10.1. The van der Waals surface area contributed by atoms with Gasteiger partial charge >= 0.3 is 18.4 Å². The lowest BCUT2D eigenvalue weighted by Gasteiger charge is -2.19. The zero-order valence-electron chi connectivity index (χ0n) is 19.1. The molecule has 0 bridgehead atoms. The molecule has 2 N–H and O–H groups in total. The molecule has 0 aliphatic heterocycles. The van der Waals surface area contributed by atoms with Gasteiger partial charge in [-0.2, -0.15) is 26.3 Å². The number of hydrogen-bond acceptors (Lipinski definition) is 5. The Labute approximate surface area is 206 Å². The number of aromatic amines is 1. The van der Waals surface area contributed by atoms with Crippen LogP contribution in [0.4, 0.5) is 26.3 Å². The van der Waals surface area contributed by atoms with E-state index in [1.165, 1.54) is 11.5 Å². The summed E-state index contributed by atoms with van der Waals surface area (Å²) in [6.07, 6.45) is -8.54. The highest BCUT2D eigenvalue weighted by atomic mass is 32.2. The Morgan fingerprint density at radius 2 is 1.76 bits per heavy atom. The summed E-state index contributed by atoms with van der Waals surface area (Å²) in [4.78, 5) is 1.46. The minimum atomic E-state index is -5.22. The van der Waals surface area contributed by atoms with E-state index in [2.05, 4.69) is 15.2 Å². The Morgan fingerprint density at radius 3 is 2.41 bits per heavy atom. The highest BCUT2D eigenvalue weighted by molar-refractivity contribution is 7.89. The first-order valence-electron chi connectivity index (χ1n) is 10.7. The largest absolute Gasteiger partial charge is 0.424 e. The maximum absolute atomic E-state index is 13.5. The van der Waals surface area contributed by atoms with E-state index >= 15 is 0 Å². The summed E-state index contributed by atoms with van der Waals surface area (Å²) in [6.45, 7) is 3.12. The monoisotopic (exact) mass is 547 g/mol. The van der Waals surface area contributed by atoms with E-state index in [0.717, 1.165) is 10.9 Å². The molecule has 198 valence electrons. The maximum Gasteiger partial charge on any atom is 0.417 e. The Balaban J connectivity index is 1.65. The minimum absolute atomic E-state index is 0.0236. The van der Waals surface area contributed by atoms with E-state index in [9.17, 15) is 34.8 Å². The van der Waals surface area contributed by atoms with E-state index in [4.69, 9.17) is 4.74 Å². The second-order valence-electron chi connectivity index (χ2n) is 7.96. The van der Waals surface area contributed by atoms with Crippen LogP contribution in [0.25, 0.3) is 10.9 Å². The number of rotatable bonds is 7. The number of sulfonamides is 1. The van der Waals surface area contributed by atoms with E-state index in [0.29, 0.717) is 5.75 Å². The van der Waals surface area contributed by atoms with Crippen molar-refractivity contribution in [2.75, 3.05) is 0 Å². The normalized spacial score (nSPS) is 13.7. The first kappa shape index (κ1) is 26.5. The fourth-order valence-electron chi connectivity index (χ4n) is 3.69. The van der Waals surface area contributed by atoms with Crippen molar-refractivity contribution in [3.05, 3.63) is 65.6 Å². The second kappa shape index (κ2) is 9.37. The van der Waals surface area contributed by atoms with Gasteiger partial charge in [-0.3, -0.25) is 4.57 Å². The molecular formula is C22H19F6N5O3S. The minimum Gasteiger partial charge on any atom is -0.424 e. The van der Waals surface area contributed by atoms with Crippen molar-refractivity contribution in [2.45, 2.75) is 43.7 Å². The fraction of sp³-hybridized carbons (Fsp3) is 0.273. The van der Waals surface area contributed by atoms with Gasteiger partial charge in [0.05, 0.1) is 22.1 Å². The molecule has 0 amide bonds. The van der Waals surface area contributed by atoms with Crippen molar-refractivity contribution >= 4 is 20.9 Å². The molecule has 0 fully saturated rings. The van der Waals surface area contributed by atoms with Gasteiger partial charge in [0.2, 0.25) is 10.0 Å². The van der Waals surface area contributed by atoms with Crippen LogP contribution in [0.1, 0.15) is 36.8 Å². The summed E-state index contributed by atoms with van der Waals surface area (Å²) in [6, 6.07) is 5.92. The number of alkyl halides is 6. The van der Waals surface area contributed by atoms with Crippen molar-refractivity contribution in [3.8, 4) is 11.8 Å². The van der Waals surface area contributed by atoms with Crippen LogP contribution in [-0.2, 0) is 28.9 Å². The highest BCUT2D eigenvalue weighted by Gasteiger charge is 2.41. The number of fused-ring (bicyclic) bond motifs is 1.